The van der Waals surface area contributed by atoms with Crippen molar-refractivity contribution in [3.8, 4) is 22.9 Å². The summed E-state index contributed by atoms with van der Waals surface area (Å²) in [7, 11) is 4.68. The number of aromatic nitrogens is 3. The Morgan fingerprint density at radius 1 is 1.03 bits per heavy atom. The second kappa shape index (κ2) is 10.1. The maximum absolute atomic E-state index is 12.4. The zero-order valence-electron chi connectivity index (χ0n) is 19.6. The molecule has 4 aromatic rings. The van der Waals surface area contributed by atoms with Gasteiger partial charge in [0.05, 0.1) is 21.3 Å². The fourth-order valence-electron chi connectivity index (χ4n) is 3.61. The van der Waals surface area contributed by atoms with Gasteiger partial charge >= 0.3 is 0 Å². The highest BCUT2D eigenvalue weighted by molar-refractivity contribution is 5.95. The van der Waals surface area contributed by atoms with Gasteiger partial charge in [0.2, 0.25) is 11.7 Å². The van der Waals surface area contributed by atoms with E-state index in [0.29, 0.717) is 46.6 Å². The van der Waals surface area contributed by atoms with Gasteiger partial charge in [-0.15, -0.1) is 0 Å². The number of carbonyl (C=O) groups is 1. The Morgan fingerprint density at radius 3 is 2.47 bits per heavy atom. The van der Waals surface area contributed by atoms with Crippen LogP contribution in [0.2, 0.25) is 0 Å². The van der Waals surface area contributed by atoms with Gasteiger partial charge in [0.1, 0.15) is 5.65 Å². The first kappa shape index (κ1) is 22.9. The first-order chi connectivity index (χ1) is 16.6. The van der Waals surface area contributed by atoms with Crippen LogP contribution < -0.4 is 24.8 Å². The molecule has 0 aliphatic rings. The Hall–Kier alpha value is -4.27. The normalized spacial score (nSPS) is 10.7. The quantitative estimate of drug-likeness (QED) is 0.383. The largest absolute Gasteiger partial charge is 0.493 e. The third kappa shape index (κ3) is 4.59. The molecule has 0 bridgehead atoms. The summed E-state index contributed by atoms with van der Waals surface area (Å²) in [6.07, 6.45) is 4.54. The lowest BCUT2D eigenvalue weighted by atomic mass is 10.2. The second-order valence-corrected chi connectivity index (χ2v) is 7.50. The Balaban J connectivity index is 1.67. The number of hydrogen-bond acceptors (Lipinski definition) is 7. The molecule has 0 saturated carbocycles. The summed E-state index contributed by atoms with van der Waals surface area (Å²) in [4.78, 5) is 21.6. The first-order valence-electron chi connectivity index (χ1n) is 10.9. The molecule has 0 spiro atoms. The maximum atomic E-state index is 12.4. The first-order valence-corrected chi connectivity index (χ1v) is 10.9. The van der Waals surface area contributed by atoms with E-state index in [4.69, 9.17) is 19.2 Å². The lowest BCUT2D eigenvalue weighted by Gasteiger charge is -2.14. The minimum Gasteiger partial charge on any atom is -0.493 e. The minimum absolute atomic E-state index is 0.0976. The molecule has 9 nitrogen and oxygen atoms in total. The van der Waals surface area contributed by atoms with E-state index in [2.05, 4.69) is 15.6 Å². The van der Waals surface area contributed by atoms with Crippen molar-refractivity contribution in [2.45, 2.75) is 13.3 Å². The molecule has 2 aromatic carbocycles. The van der Waals surface area contributed by atoms with E-state index < -0.39 is 0 Å². The predicted molar refractivity (Wildman–Crippen MR) is 131 cm³/mol. The maximum Gasteiger partial charge on any atom is 0.251 e. The van der Waals surface area contributed by atoms with E-state index in [1.54, 1.807) is 45.7 Å². The average molecular weight is 462 g/mol. The smallest absolute Gasteiger partial charge is 0.251 e. The Morgan fingerprint density at radius 2 is 1.79 bits per heavy atom. The molecule has 34 heavy (non-hydrogen) atoms. The molecule has 0 aliphatic carbocycles. The van der Waals surface area contributed by atoms with Crippen LogP contribution in [-0.4, -0.2) is 48.3 Å². The van der Waals surface area contributed by atoms with E-state index in [1.807, 2.05) is 42.0 Å². The summed E-state index contributed by atoms with van der Waals surface area (Å²) < 4.78 is 18.2. The fraction of sp³-hybridized carbons (Fsp3) is 0.240. The molecule has 9 heteroatoms. The van der Waals surface area contributed by atoms with E-state index in [0.717, 1.165) is 17.5 Å². The molecule has 0 radical (unpaired) electrons. The highest BCUT2D eigenvalue weighted by atomic mass is 16.5. The van der Waals surface area contributed by atoms with Gasteiger partial charge in [-0.2, -0.15) is 4.98 Å². The standard InChI is InChI=1S/C25H27N5O4/c1-5-10-26-24(31)16-7-6-8-19(12-16)30-11-9-17-15-27-25(29-23(17)30)28-18-13-20(32-2)22(34-4)21(14-18)33-3/h6-9,11-15H,5,10H2,1-4H3,(H,26,31)(H,27,28,29). The molecule has 2 aromatic heterocycles. The number of nitrogens with zero attached hydrogens (tertiary/aromatic N) is 3. The van der Waals surface area contributed by atoms with Crippen molar-refractivity contribution in [2.75, 3.05) is 33.2 Å². The van der Waals surface area contributed by atoms with E-state index >= 15 is 0 Å². The average Bonchev–Trinajstić information content (AvgIpc) is 3.30. The van der Waals surface area contributed by atoms with Crippen LogP contribution in [0.1, 0.15) is 23.7 Å². The van der Waals surface area contributed by atoms with Gasteiger partial charge in [-0.25, -0.2) is 4.98 Å². The van der Waals surface area contributed by atoms with Crippen molar-refractivity contribution in [1.82, 2.24) is 19.9 Å². The SMILES string of the molecule is CCCNC(=O)c1cccc(-n2ccc3cnc(Nc4cc(OC)c(OC)c(OC)c4)nc32)c1. The van der Waals surface area contributed by atoms with Crippen LogP contribution in [0.15, 0.2) is 54.9 Å². The van der Waals surface area contributed by atoms with Crippen LogP contribution >= 0.6 is 0 Å². The number of rotatable bonds is 9. The number of fused-ring (bicyclic) bond motifs is 1. The molecule has 1 amide bonds. The van der Waals surface area contributed by atoms with Crippen molar-refractivity contribution in [3.05, 3.63) is 60.4 Å². The molecule has 2 heterocycles. The van der Waals surface area contributed by atoms with Gasteiger partial charge < -0.3 is 29.4 Å². The highest BCUT2D eigenvalue weighted by Crippen LogP contribution is 2.40. The third-order valence-electron chi connectivity index (χ3n) is 5.27. The van der Waals surface area contributed by atoms with Gasteiger partial charge in [0, 0.05) is 53.4 Å². The van der Waals surface area contributed by atoms with Gasteiger partial charge in [0.15, 0.2) is 11.5 Å². The van der Waals surface area contributed by atoms with Gasteiger partial charge in [-0.1, -0.05) is 13.0 Å². The van der Waals surface area contributed by atoms with Crippen LogP contribution in [0, 0.1) is 0 Å². The summed E-state index contributed by atoms with van der Waals surface area (Å²) in [5.74, 6) is 1.85. The van der Waals surface area contributed by atoms with E-state index in [-0.39, 0.29) is 5.91 Å². The van der Waals surface area contributed by atoms with Crippen LogP contribution in [0.3, 0.4) is 0 Å². The monoisotopic (exact) mass is 461 g/mol. The number of hydrogen-bond donors (Lipinski definition) is 2. The number of methoxy groups -OCH3 is 3. The van der Waals surface area contributed by atoms with Crippen molar-refractivity contribution in [3.63, 3.8) is 0 Å². The molecule has 0 aliphatic heterocycles. The van der Waals surface area contributed by atoms with Crippen molar-refractivity contribution >= 4 is 28.6 Å². The van der Waals surface area contributed by atoms with Crippen molar-refractivity contribution in [2.24, 2.45) is 0 Å². The predicted octanol–water partition coefficient (Wildman–Crippen LogP) is 4.33. The van der Waals surface area contributed by atoms with Crippen molar-refractivity contribution < 1.29 is 19.0 Å². The zero-order valence-corrected chi connectivity index (χ0v) is 19.6. The van der Waals surface area contributed by atoms with Gasteiger partial charge in [-0.05, 0) is 30.7 Å². The number of nitrogens with one attached hydrogen (secondary N) is 2. The topological polar surface area (TPSA) is 99.5 Å². The van der Waals surface area contributed by atoms with Crippen LogP contribution in [0.4, 0.5) is 11.6 Å². The fourth-order valence-corrected chi connectivity index (χ4v) is 3.61. The van der Waals surface area contributed by atoms with Gasteiger partial charge in [-0.3, -0.25) is 4.79 Å². The third-order valence-corrected chi connectivity index (χ3v) is 5.27. The van der Waals surface area contributed by atoms with Crippen molar-refractivity contribution in [1.29, 1.82) is 0 Å². The van der Waals surface area contributed by atoms with E-state index in [1.165, 1.54) is 0 Å². The highest BCUT2D eigenvalue weighted by Gasteiger charge is 2.15. The molecule has 0 fully saturated rings. The van der Waals surface area contributed by atoms with E-state index in [9.17, 15) is 4.79 Å². The number of ether oxygens (including phenoxy) is 3. The molecule has 0 saturated heterocycles. The number of benzene rings is 2. The molecule has 4 rings (SSSR count). The van der Waals surface area contributed by atoms with Crippen LogP contribution in [0.25, 0.3) is 16.7 Å². The molecule has 0 unspecified atom stereocenters. The zero-order chi connectivity index (χ0) is 24.1. The summed E-state index contributed by atoms with van der Waals surface area (Å²) in [6.45, 7) is 2.66. The molecule has 0 atom stereocenters. The lowest BCUT2D eigenvalue weighted by molar-refractivity contribution is 0.0953. The number of anilines is 2. The lowest BCUT2D eigenvalue weighted by Crippen LogP contribution is -2.24. The molecule has 176 valence electrons. The summed E-state index contributed by atoms with van der Waals surface area (Å²) in [5, 5.41) is 6.98. The Bertz CT molecular complexity index is 1290. The molecular weight excluding hydrogens is 434 g/mol. The van der Waals surface area contributed by atoms with Crippen LogP contribution in [-0.2, 0) is 0 Å². The van der Waals surface area contributed by atoms with Crippen LogP contribution in [0.5, 0.6) is 17.2 Å². The summed E-state index contributed by atoms with van der Waals surface area (Å²) in [5.41, 5.74) is 2.81. The molecular formula is C25H27N5O4. The Kier molecular flexibility index (Phi) is 6.82. The number of amides is 1. The number of carbonyl (C=O) groups excluding carboxylic acids is 1. The molecule has 2 N–H and O–H groups in total. The van der Waals surface area contributed by atoms with Gasteiger partial charge in [0.25, 0.3) is 5.91 Å². The summed E-state index contributed by atoms with van der Waals surface area (Å²) in [6, 6.07) is 12.9. The summed E-state index contributed by atoms with van der Waals surface area (Å²) >= 11 is 0. The Labute approximate surface area is 197 Å². The minimum atomic E-state index is -0.0976. The second-order valence-electron chi connectivity index (χ2n) is 7.50.